The van der Waals surface area contributed by atoms with Gasteiger partial charge in [0.25, 0.3) is 5.91 Å². The summed E-state index contributed by atoms with van der Waals surface area (Å²) in [5, 5.41) is 4.19. The first-order valence-corrected chi connectivity index (χ1v) is 9.28. The summed E-state index contributed by atoms with van der Waals surface area (Å²) in [7, 11) is 0. The Hall–Kier alpha value is -3.57. The van der Waals surface area contributed by atoms with Gasteiger partial charge in [-0.1, -0.05) is 41.9 Å². The minimum Gasteiger partial charge on any atom is -0.484 e. The summed E-state index contributed by atoms with van der Waals surface area (Å²) >= 11 is 5.83. The number of fused-ring (bicyclic) bond motifs is 1. The van der Waals surface area contributed by atoms with E-state index in [-0.39, 0.29) is 12.5 Å². The van der Waals surface area contributed by atoms with Gasteiger partial charge in [0, 0.05) is 16.1 Å². The van der Waals surface area contributed by atoms with E-state index in [1.807, 2.05) is 18.2 Å². The molecule has 1 N–H and O–H groups in total. The van der Waals surface area contributed by atoms with E-state index in [4.69, 9.17) is 20.8 Å². The smallest absolute Gasteiger partial charge is 0.344 e. The van der Waals surface area contributed by atoms with Crippen LogP contribution in [0.2, 0.25) is 5.02 Å². The van der Waals surface area contributed by atoms with E-state index in [2.05, 4.69) is 5.32 Å². The molecular weight excluding hydrogens is 390 g/mol. The molecule has 1 amide bonds. The second-order valence-electron chi connectivity index (χ2n) is 6.36. The Morgan fingerprint density at radius 1 is 0.966 bits per heavy atom. The van der Waals surface area contributed by atoms with Gasteiger partial charge in [-0.15, -0.1) is 0 Å². The molecule has 1 heterocycles. The maximum Gasteiger partial charge on any atom is 0.344 e. The van der Waals surface area contributed by atoms with Crippen LogP contribution in [-0.4, -0.2) is 12.5 Å². The van der Waals surface area contributed by atoms with Crippen LogP contribution in [0.5, 0.6) is 5.75 Å². The van der Waals surface area contributed by atoms with E-state index in [9.17, 15) is 9.59 Å². The number of carbonyl (C=O) groups is 1. The lowest BCUT2D eigenvalue weighted by atomic mass is 10.1. The third-order valence-electron chi connectivity index (χ3n) is 4.28. The average molecular weight is 406 g/mol. The summed E-state index contributed by atoms with van der Waals surface area (Å²) < 4.78 is 10.8. The fourth-order valence-corrected chi connectivity index (χ4v) is 3.03. The third kappa shape index (κ3) is 4.47. The van der Waals surface area contributed by atoms with Crippen LogP contribution in [0.1, 0.15) is 0 Å². The Kier molecular flexibility index (Phi) is 5.31. The molecule has 4 rings (SSSR count). The third-order valence-corrected chi connectivity index (χ3v) is 4.53. The van der Waals surface area contributed by atoms with Crippen molar-refractivity contribution in [1.29, 1.82) is 0 Å². The Labute approximate surface area is 171 Å². The zero-order valence-electron chi connectivity index (χ0n) is 15.2. The van der Waals surface area contributed by atoms with Gasteiger partial charge in [-0.3, -0.25) is 4.79 Å². The quantitative estimate of drug-likeness (QED) is 0.467. The zero-order valence-corrected chi connectivity index (χ0v) is 16.0. The van der Waals surface area contributed by atoms with Crippen molar-refractivity contribution in [2.24, 2.45) is 0 Å². The Morgan fingerprint density at radius 2 is 1.76 bits per heavy atom. The Balaban J connectivity index is 1.50. The number of benzene rings is 3. The molecule has 0 saturated heterocycles. The summed E-state index contributed by atoms with van der Waals surface area (Å²) in [6.07, 6.45) is 0. The van der Waals surface area contributed by atoms with Crippen molar-refractivity contribution in [3.05, 3.63) is 94.3 Å². The van der Waals surface area contributed by atoms with Crippen molar-refractivity contribution in [1.82, 2.24) is 0 Å². The van der Waals surface area contributed by atoms with Crippen LogP contribution in [0.4, 0.5) is 5.69 Å². The van der Waals surface area contributed by atoms with Crippen LogP contribution in [0.25, 0.3) is 22.1 Å². The normalized spacial score (nSPS) is 10.7. The first-order valence-electron chi connectivity index (χ1n) is 8.90. The average Bonchev–Trinajstić information content (AvgIpc) is 2.73. The van der Waals surface area contributed by atoms with Gasteiger partial charge < -0.3 is 14.5 Å². The van der Waals surface area contributed by atoms with Gasteiger partial charge in [0.1, 0.15) is 11.3 Å². The highest BCUT2D eigenvalue weighted by Crippen LogP contribution is 2.23. The monoisotopic (exact) mass is 405 g/mol. The van der Waals surface area contributed by atoms with E-state index < -0.39 is 5.63 Å². The van der Waals surface area contributed by atoms with Gasteiger partial charge in [-0.05, 0) is 54.1 Å². The molecule has 4 aromatic rings. The lowest BCUT2D eigenvalue weighted by Gasteiger charge is -2.09. The van der Waals surface area contributed by atoms with Crippen LogP contribution in [-0.2, 0) is 4.79 Å². The molecule has 0 fully saturated rings. The molecule has 6 heteroatoms. The van der Waals surface area contributed by atoms with Crippen molar-refractivity contribution >= 4 is 34.2 Å². The van der Waals surface area contributed by atoms with E-state index in [1.165, 1.54) is 0 Å². The van der Waals surface area contributed by atoms with E-state index >= 15 is 0 Å². The van der Waals surface area contributed by atoms with Crippen LogP contribution in [0.15, 0.2) is 88.1 Å². The molecule has 0 spiro atoms. The zero-order chi connectivity index (χ0) is 20.2. The number of ether oxygens (including phenoxy) is 1. The molecule has 0 unspecified atom stereocenters. The number of anilines is 1. The summed E-state index contributed by atoms with van der Waals surface area (Å²) in [4.78, 5) is 24.6. The molecule has 144 valence electrons. The predicted octanol–water partition coefficient (Wildman–Crippen LogP) is 5.13. The van der Waals surface area contributed by atoms with Gasteiger partial charge in [0.2, 0.25) is 0 Å². The van der Waals surface area contributed by atoms with E-state index in [0.717, 1.165) is 5.39 Å². The standard InChI is InChI=1S/C23H16ClNO4/c24-17-8-10-19(11-9-17)28-14-22(26)25-18-6-3-5-15(12-18)20-13-16-4-1-2-7-21(16)29-23(20)27/h1-13H,14H2,(H,25,26). The summed E-state index contributed by atoms with van der Waals surface area (Å²) in [5.74, 6) is 0.231. The predicted molar refractivity (Wildman–Crippen MR) is 113 cm³/mol. The highest BCUT2D eigenvalue weighted by atomic mass is 35.5. The van der Waals surface area contributed by atoms with Crippen molar-refractivity contribution in [2.75, 3.05) is 11.9 Å². The Bertz CT molecular complexity index is 1230. The fraction of sp³-hybridized carbons (Fsp3) is 0.0435. The van der Waals surface area contributed by atoms with Gasteiger partial charge in [0.05, 0.1) is 5.56 Å². The van der Waals surface area contributed by atoms with Crippen molar-refractivity contribution in [3.8, 4) is 16.9 Å². The van der Waals surface area contributed by atoms with Crippen LogP contribution in [0, 0.1) is 0 Å². The minimum atomic E-state index is -0.432. The molecule has 0 aliphatic rings. The Morgan fingerprint density at radius 3 is 2.59 bits per heavy atom. The number of halogens is 1. The van der Waals surface area contributed by atoms with Crippen molar-refractivity contribution < 1.29 is 13.9 Å². The molecule has 0 aliphatic heterocycles. The van der Waals surface area contributed by atoms with Crippen molar-refractivity contribution in [2.45, 2.75) is 0 Å². The molecule has 3 aromatic carbocycles. The number of para-hydroxylation sites is 1. The van der Waals surface area contributed by atoms with Gasteiger partial charge in [-0.25, -0.2) is 4.79 Å². The van der Waals surface area contributed by atoms with Gasteiger partial charge in [0.15, 0.2) is 6.61 Å². The number of amides is 1. The molecule has 0 radical (unpaired) electrons. The second-order valence-corrected chi connectivity index (χ2v) is 6.79. The number of hydrogen-bond donors (Lipinski definition) is 1. The molecule has 1 aromatic heterocycles. The lowest BCUT2D eigenvalue weighted by Crippen LogP contribution is -2.20. The summed E-state index contributed by atoms with van der Waals surface area (Å²) in [5.41, 5.74) is 1.74. The summed E-state index contributed by atoms with van der Waals surface area (Å²) in [6, 6.07) is 22.9. The van der Waals surface area contributed by atoms with Crippen LogP contribution >= 0.6 is 11.6 Å². The largest absolute Gasteiger partial charge is 0.484 e. The maximum atomic E-state index is 12.4. The second kappa shape index (κ2) is 8.20. The topological polar surface area (TPSA) is 68.5 Å². The number of hydrogen-bond acceptors (Lipinski definition) is 4. The summed E-state index contributed by atoms with van der Waals surface area (Å²) in [6.45, 7) is -0.149. The van der Waals surface area contributed by atoms with Crippen LogP contribution in [0.3, 0.4) is 0 Å². The van der Waals surface area contributed by atoms with Crippen molar-refractivity contribution in [3.63, 3.8) is 0 Å². The molecular formula is C23H16ClNO4. The molecule has 0 atom stereocenters. The molecule has 0 saturated carbocycles. The van der Waals surface area contributed by atoms with E-state index in [0.29, 0.717) is 33.2 Å². The molecule has 0 bridgehead atoms. The lowest BCUT2D eigenvalue weighted by molar-refractivity contribution is -0.118. The maximum absolute atomic E-state index is 12.4. The van der Waals surface area contributed by atoms with Gasteiger partial charge in [-0.2, -0.15) is 0 Å². The minimum absolute atomic E-state index is 0.149. The molecule has 5 nitrogen and oxygen atoms in total. The molecule has 0 aliphatic carbocycles. The van der Waals surface area contributed by atoms with Gasteiger partial charge >= 0.3 is 5.63 Å². The highest BCUT2D eigenvalue weighted by Gasteiger charge is 2.10. The first-order chi connectivity index (χ1) is 14.1. The first kappa shape index (κ1) is 18.8. The van der Waals surface area contributed by atoms with E-state index in [1.54, 1.807) is 60.7 Å². The highest BCUT2D eigenvalue weighted by molar-refractivity contribution is 6.30. The SMILES string of the molecule is O=C(COc1ccc(Cl)cc1)Nc1cccc(-c2cc3ccccc3oc2=O)c1. The number of carbonyl (C=O) groups excluding carboxylic acids is 1. The molecule has 29 heavy (non-hydrogen) atoms. The fourth-order valence-electron chi connectivity index (χ4n) is 2.90. The number of rotatable bonds is 5. The number of nitrogens with one attached hydrogen (secondary N) is 1. The van der Waals surface area contributed by atoms with Crippen LogP contribution < -0.4 is 15.7 Å².